The lowest BCUT2D eigenvalue weighted by atomic mass is 10.1. The number of halogens is 1. The van der Waals surface area contributed by atoms with Crippen LogP contribution in [0.15, 0.2) is 18.2 Å². The van der Waals surface area contributed by atoms with Gasteiger partial charge in [0.05, 0.1) is 24.8 Å². The number of benzene rings is 1. The molecule has 1 aromatic carbocycles. The van der Waals surface area contributed by atoms with Crippen molar-refractivity contribution in [1.82, 2.24) is 4.90 Å². The molecule has 1 heterocycles. The van der Waals surface area contributed by atoms with Gasteiger partial charge < -0.3 is 19.8 Å². The average Bonchev–Trinajstić information content (AvgIpc) is 2.40. The molecule has 1 aliphatic rings. The quantitative estimate of drug-likeness (QED) is 0.638. The molecule has 5 nitrogen and oxygen atoms in total. The third kappa shape index (κ3) is 2.59. The molecule has 0 aliphatic carbocycles. The fraction of sp³-hybridized carbons (Fsp3) is 0.417. The van der Waals surface area contributed by atoms with E-state index >= 15 is 0 Å². The molecule has 1 aromatic rings. The van der Waals surface area contributed by atoms with Crippen molar-refractivity contribution in [3.05, 3.63) is 23.8 Å². The Morgan fingerprint density at radius 2 is 2.28 bits per heavy atom. The van der Waals surface area contributed by atoms with E-state index in [-0.39, 0.29) is 29.0 Å². The zero-order chi connectivity index (χ0) is 13.1. The predicted octanol–water partition coefficient (Wildman–Crippen LogP) is 1.33. The van der Waals surface area contributed by atoms with Crippen LogP contribution in [0, 0.1) is 0 Å². The van der Waals surface area contributed by atoms with Gasteiger partial charge >= 0.3 is 0 Å². The van der Waals surface area contributed by atoms with Gasteiger partial charge in [0, 0.05) is 11.9 Å². The summed E-state index contributed by atoms with van der Waals surface area (Å²) >= 11 is 3.34. The Kier molecular flexibility index (Phi) is 4.08. The maximum atomic E-state index is 12.3. The summed E-state index contributed by atoms with van der Waals surface area (Å²) in [6.45, 7) is 1.43. The Morgan fingerprint density at radius 3 is 3.00 bits per heavy atom. The number of phenols is 2. The molecule has 1 amide bonds. The van der Waals surface area contributed by atoms with Crippen LogP contribution in [0.3, 0.4) is 0 Å². The first-order valence-electron chi connectivity index (χ1n) is 5.60. The van der Waals surface area contributed by atoms with Gasteiger partial charge in [-0.15, -0.1) is 0 Å². The summed E-state index contributed by atoms with van der Waals surface area (Å²) in [5.41, 5.74) is 0.114. The van der Waals surface area contributed by atoms with Crippen molar-refractivity contribution in [2.24, 2.45) is 0 Å². The molecule has 0 radical (unpaired) electrons. The van der Waals surface area contributed by atoms with Crippen molar-refractivity contribution in [2.75, 3.05) is 25.1 Å². The predicted molar refractivity (Wildman–Crippen MR) is 69.2 cm³/mol. The van der Waals surface area contributed by atoms with Crippen LogP contribution in [0.25, 0.3) is 0 Å². The van der Waals surface area contributed by atoms with Gasteiger partial charge in [-0.1, -0.05) is 15.9 Å². The highest BCUT2D eigenvalue weighted by atomic mass is 79.9. The minimum Gasteiger partial charge on any atom is -0.508 e. The molecule has 2 N–H and O–H groups in total. The van der Waals surface area contributed by atoms with Gasteiger partial charge in [0.1, 0.15) is 11.5 Å². The maximum Gasteiger partial charge on any atom is 0.258 e. The van der Waals surface area contributed by atoms with E-state index in [1.165, 1.54) is 18.2 Å². The van der Waals surface area contributed by atoms with Gasteiger partial charge in [-0.25, -0.2) is 0 Å². The SMILES string of the molecule is O=C(c1cc(O)ccc1O)N1CCOCC1CBr. The maximum absolute atomic E-state index is 12.3. The van der Waals surface area contributed by atoms with E-state index in [2.05, 4.69) is 15.9 Å². The number of alkyl halides is 1. The number of aromatic hydroxyl groups is 2. The number of carbonyl (C=O) groups excluding carboxylic acids is 1. The first-order valence-corrected chi connectivity index (χ1v) is 6.72. The number of phenolic OH excluding ortho intramolecular Hbond substituents is 2. The van der Waals surface area contributed by atoms with Crippen LogP contribution in [0.4, 0.5) is 0 Å². The summed E-state index contributed by atoms with van der Waals surface area (Å²) in [5.74, 6) is -0.464. The number of amides is 1. The minimum absolute atomic E-state index is 0.0419. The van der Waals surface area contributed by atoms with Crippen LogP contribution < -0.4 is 0 Å². The number of hydrogen-bond acceptors (Lipinski definition) is 4. The molecule has 0 aromatic heterocycles. The van der Waals surface area contributed by atoms with E-state index < -0.39 is 0 Å². The summed E-state index contributed by atoms with van der Waals surface area (Å²) in [6.07, 6.45) is 0. The van der Waals surface area contributed by atoms with Gasteiger partial charge in [0.15, 0.2) is 0 Å². The van der Waals surface area contributed by atoms with Gasteiger partial charge in [0.2, 0.25) is 0 Å². The second kappa shape index (κ2) is 5.58. The Labute approximate surface area is 113 Å². The molecule has 1 aliphatic heterocycles. The van der Waals surface area contributed by atoms with Crippen LogP contribution in [0.1, 0.15) is 10.4 Å². The molecule has 0 saturated carbocycles. The highest BCUT2D eigenvalue weighted by Gasteiger charge is 2.28. The molecular weight excluding hydrogens is 302 g/mol. The summed E-state index contributed by atoms with van der Waals surface area (Å²) in [6, 6.07) is 3.87. The van der Waals surface area contributed by atoms with Crippen molar-refractivity contribution in [3.8, 4) is 11.5 Å². The van der Waals surface area contributed by atoms with Crippen LogP contribution in [0.2, 0.25) is 0 Å². The minimum atomic E-state index is -0.295. The van der Waals surface area contributed by atoms with Gasteiger partial charge in [-0.2, -0.15) is 0 Å². The number of hydrogen-bond donors (Lipinski definition) is 2. The standard InChI is InChI=1S/C12H14BrNO4/c13-6-8-7-18-4-3-14(8)12(17)10-5-9(15)1-2-11(10)16/h1-2,5,8,15-16H,3-4,6-7H2. The summed E-state index contributed by atoms with van der Waals surface area (Å²) in [7, 11) is 0. The van der Waals surface area contributed by atoms with Crippen molar-refractivity contribution >= 4 is 21.8 Å². The fourth-order valence-electron chi connectivity index (χ4n) is 1.90. The third-order valence-electron chi connectivity index (χ3n) is 2.88. The molecule has 0 spiro atoms. The van der Waals surface area contributed by atoms with Crippen molar-refractivity contribution < 1.29 is 19.7 Å². The van der Waals surface area contributed by atoms with Crippen LogP contribution in [-0.2, 0) is 4.74 Å². The molecule has 0 bridgehead atoms. The van der Waals surface area contributed by atoms with Crippen molar-refractivity contribution in [1.29, 1.82) is 0 Å². The third-order valence-corrected chi connectivity index (χ3v) is 3.62. The first-order chi connectivity index (χ1) is 8.63. The molecule has 1 fully saturated rings. The zero-order valence-corrected chi connectivity index (χ0v) is 11.3. The molecule has 6 heteroatoms. The number of morpholine rings is 1. The van der Waals surface area contributed by atoms with E-state index in [1.807, 2.05) is 0 Å². The second-order valence-electron chi connectivity index (χ2n) is 4.08. The zero-order valence-electron chi connectivity index (χ0n) is 9.67. The normalized spacial score (nSPS) is 19.8. The average molecular weight is 316 g/mol. The summed E-state index contributed by atoms with van der Waals surface area (Å²) < 4.78 is 5.31. The van der Waals surface area contributed by atoms with Crippen molar-refractivity contribution in [3.63, 3.8) is 0 Å². The lowest BCUT2D eigenvalue weighted by Gasteiger charge is -2.34. The largest absolute Gasteiger partial charge is 0.508 e. The molecule has 1 saturated heterocycles. The Hall–Kier alpha value is -1.27. The molecular formula is C12H14BrNO4. The Balaban J connectivity index is 2.26. The van der Waals surface area contributed by atoms with E-state index in [0.29, 0.717) is 25.1 Å². The molecule has 98 valence electrons. The lowest BCUT2D eigenvalue weighted by Crippen LogP contribution is -2.49. The summed E-state index contributed by atoms with van der Waals surface area (Å²) in [4.78, 5) is 14.0. The Bertz CT molecular complexity index is 452. The van der Waals surface area contributed by atoms with Gasteiger partial charge in [-0.05, 0) is 18.2 Å². The molecule has 1 unspecified atom stereocenters. The fourth-order valence-corrected chi connectivity index (χ4v) is 2.44. The van der Waals surface area contributed by atoms with E-state index in [9.17, 15) is 15.0 Å². The van der Waals surface area contributed by atoms with Crippen LogP contribution in [0.5, 0.6) is 11.5 Å². The topological polar surface area (TPSA) is 70.0 Å². The smallest absolute Gasteiger partial charge is 0.258 e. The van der Waals surface area contributed by atoms with Crippen LogP contribution in [-0.4, -0.2) is 52.2 Å². The number of nitrogens with zero attached hydrogens (tertiary/aromatic N) is 1. The second-order valence-corrected chi connectivity index (χ2v) is 4.73. The van der Waals surface area contributed by atoms with Gasteiger partial charge in [-0.3, -0.25) is 4.79 Å². The number of carbonyl (C=O) groups is 1. The number of ether oxygens (including phenoxy) is 1. The Morgan fingerprint density at radius 1 is 1.50 bits per heavy atom. The summed E-state index contributed by atoms with van der Waals surface area (Å²) in [5, 5.41) is 19.7. The molecule has 18 heavy (non-hydrogen) atoms. The number of rotatable bonds is 2. The highest BCUT2D eigenvalue weighted by Crippen LogP contribution is 2.25. The van der Waals surface area contributed by atoms with E-state index in [1.54, 1.807) is 4.90 Å². The van der Waals surface area contributed by atoms with Gasteiger partial charge in [0.25, 0.3) is 5.91 Å². The molecule has 1 atom stereocenters. The lowest BCUT2D eigenvalue weighted by molar-refractivity contribution is 0.00508. The van der Waals surface area contributed by atoms with Crippen LogP contribution >= 0.6 is 15.9 Å². The monoisotopic (exact) mass is 315 g/mol. The first kappa shape index (κ1) is 13.2. The highest BCUT2D eigenvalue weighted by molar-refractivity contribution is 9.09. The van der Waals surface area contributed by atoms with E-state index in [4.69, 9.17) is 4.74 Å². The van der Waals surface area contributed by atoms with E-state index in [0.717, 1.165) is 0 Å². The van der Waals surface area contributed by atoms with Crippen molar-refractivity contribution in [2.45, 2.75) is 6.04 Å². The molecule has 2 rings (SSSR count).